The van der Waals surface area contributed by atoms with E-state index in [9.17, 15) is 0 Å². The highest BCUT2D eigenvalue weighted by molar-refractivity contribution is 4.82. The standard InChI is InChI=1S/C6H13N.3C2H6/c1-4-5-6(2,3)7;3*1-2/h4H,1,5,7H2,2-3H3;3*1-2H3. The van der Waals surface area contributed by atoms with E-state index in [1.807, 2.05) is 61.5 Å². The van der Waals surface area contributed by atoms with Gasteiger partial charge >= 0.3 is 0 Å². The smallest absolute Gasteiger partial charge is 0.0132 e. The largest absolute Gasteiger partial charge is 0.325 e. The highest BCUT2D eigenvalue weighted by atomic mass is 14.7. The van der Waals surface area contributed by atoms with Crippen molar-refractivity contribution < 1.29 is 0 Å². The molecule has 0 aromatic rings. The second-order valence-corrected chi connectivity index (χ2v) is 2.48. The summed E-state index contributed by atoms with van der Waals surface area (Å²) in [6.07, 6.45) is 2.72. The molecule has 84 valence electrons. The third-order valence-corrected chi connectivity index (χ3v) is 0.670. The van der Waals surface area contributed by atoms with Crippen molar-refractivity contribution >= 4 is 0 Å². The zero-order chi connectivity index (χ0) is 11.9. The molecular formula is C12H31N. The molecule has 0 aliphatic rings. The Bertz CT molecular complexity index is 60.0. The molecule has 0 fully saturated rings. The van der Waals surface area contributed by atoms with E-state index in [1.165, 1.54) is 0 Å². The van der Waals surface area contributed by atoms with Crippen molar-refractivity contribution in [3.05, 3.63) is 12.7 Å². The van der Waals surface area contributed by atoms with Gasteiger partial charge in [-0.2, -0.15) is 0 Å². The van der Waals surface area contributed by atoms with E-state index in [4.69, 9.17) is 5.73 Å². The fourth-order valence-electron chi connectivity index (χ4n) is 0.372. The fourth-order valence-corrected chi connectivity index (χ4v) is 0.372. The van der Waals surface area contributed by atoms with Gasteiger partial charge in [0.05, 0.1) is 0 Å². The lowest BCUT2D eigenvalue weighted by Gasteiger charge is -2.13. The second-order valence-electron chi connectivity index (χ2n) is 2.48. The van der Waals surface area contributed by atoms with E-state index in [-0.39, 0.29) is 5.54 Å². The Labute approximate surface area is 86.4 Å². The van der Waals surface area contributed by atoms with E-state index >= 15 is 0 Å². The molecule has 0 atom stereocenters. The number of rotatable bonds is 2. The first kappa shape index (κ1) is 23.0. The maximum Gasteiger partial charge on any atom is 0.0132 e. The predicted octanol–water partition coefficient (Wildman–Crippen LogP) is 4.38. The molecule has 0 radical (unpaired) electrons. The molecule has 0 amide bonds. The SMILES string of the molecule is C=CCC(C)(C)N.CC.CC.CC. The average molecular weight is 189 g/mol. The van der Waals surface area contributed by atoms with Crippen LogP contribution in [-0.4, -0.2) is 5.54 Å². The average Bonchev–Trinajstić information content (AvgIpc) is 2.13. The summed E-state index contributed by atoms with van der Waals surface area (Å²) < 4.78 is 0. The van der Waals surface area contributed by atoms with Gasteiger partial charge in [-0.1, -0.05) is 47.6 Å². The molecule has 0 saturated heterocycles. The summed E-state index contributed by atoms with van der Waals surface area (Å²) in [5.41, 5.74) is 5.51. The van der Waals surface area contributed by atoms with Crippen LogP contribution in [0.5, 0.6) is 0 Å². The van der Waals surface area contributed by atoms with Crippen LogP contribution in [0.3, 0.4) is 0 Å². The number of hydrogen-bond acceptors (Lipinski definition) is 1. The lowest BCUT2D eigenvalue weighted by molar-refractivity contribution is 0.528. The molecule has 0 heterocycles. The van der Waals surface area contributed by atoms with E-state index in [2.05, 4.69) is 6.58 Å². The monoisotopic (exact) mass is 189 g/mol. The van der Waals surface area contributed by atoms with Gasteiger partial charge in [-0.15, -0.1) is 6.58 Å². The van der Waals surface area contributed by atoms with Crippen LogP contribution in [0, 0.1) is 0 Å². The first-order valence-electron chi connectivity index (χ1n) is 5.46. The minimum absolute atomic E-state index is 0.0677. The molecule has 0 aromatic carbocycles. The Morgan fingerprint density at radius 3 is 1.23 bits per heavy atom. The van der Waals surface area contributed by atoms with Gasteiger partial charge in [0.1, 0.15) is 0 Å². The van der Waals surface area contributed by atoms with Crippen LogP contribution < -0.4 is 5.73 Å². The lowest BCUT2D eigenvalue weighted by atomic mass is 10.0. The molecule has 2 N–H and O–H groups in total. The molecule has 0 aliphatic heterocycles. The van der Waals surface area contributed by atoms with Crippen molar-refractivity contribution in [2.24, 2.45) is 5.73 Å². The van der Waals surface area contributed by atoms with Crippen molar-refractivity contribution in [1.29, 1.82) is 0 Å². The number of nitrogens with two attached hydrogens (primary N) is 1. The third-order valence-electron chi connectivity index (χ3n) is 0.670. The first-order chi connectivity index (χ1) is 6.06. The van der Waals surface area contributed by atoms with Gasteiger partial charge in [-0.25, -0.2) is 0 Å². The minimum atomic E-state index is -0.0677. The van der Waals surface area contributed by atoms with Crippen molar-refractivity contribution in [1.82, 2.24) is 0 Å². The van der Waals surface area contributed by atoms with Gasteiger partial charge in [0.15, 0.2) is 0 Å². The van der Waals surface area contributed by atoms with Crippen LogP contribution in [0.2, 0.25) is 0 Å². The van der Waals surface area contributed by atoms with Crippen LogP contribution in [0.25, 0.3) is 0 Å². The van der Waals surface area contributed by atoms with Gasteiger partial charge in [0.2, 0.25) is 0 Å². The molecule has 0 bridgehead atoms. The molecule has 0 aliphatic carbocycles. The molecule has 1 heteroatoms. The van der Waals surface area contributed by atoms with Crippen molar-refractivity contribution in [3.63, 3.8) is 0 Å². The van der Waals surface area contributed by atoms with Crippen molar-refractivity contribution in [3.8, 4) is 0 Å². The Morgan fingerprint density at radius 1 is 1.00 bits per heavy atom. The van der Waals surface area contributed by atoms with Gasteiger partial charge in [0, 0.05) is 5.54 Å². The van der Waals surface area contributed by atoms with E-state index in [0.29, 0.717) is 0 Å². The summed E-state index contributed by atoms with van der Waals surface area (Å²) in [5, 5.41) is 0. The van der Waals surface area contributed by atoms with Gasteiger partial charge in [-0.3, -0.25) is 0 Å². The molecule has 13 heavy (non-hydrogen) atoms. The summed E-state index contributed by atoms with van der Waals surface area (Å²) in [4.78, 5) is 0. The topological polar surface area (TPSA) is 26.0 Å². The Kier molecular flexibility index (Phi) is 39.9. The predicted molar refractivity (Wildman–Crippen MR) is 67.1 cm³/mol. The van der Waals surface area contributed by atoms with Gasteiger partial charge in [-0.05, 0) is 20.3 Å². The molecule has 0 rings (SSSR count). The number of hydrogen-bond donors (Lipinski definition) is 1. The molecule has 0 aromatic heterocycles. The van der Waals surface area contributed by atoms with Gasteiger partial charge < -0.3 is 5.73 Å². The summed E-state index contributed by atoms with van der Waals surface area (Å²) in [6, 6.07) is 0. The Balaban J connectivity index is -0.0000000573. The quantitative estimate of drug-likeness (QED) is 0.641. The second kappa shape index (κ2) is 22.6. The van der Waals surface area contributed by atoms with Crippen molar-refractivity contribution in [2.75, 3.05) is 0 Å². The highest BCUT2D eigenvalue weighted by Gasteiger charge is 2.05. The van der Waals surface area contributed by atoms with Crippen LogP contribution in [0.4, 0.5) is 0 Å². The zero-order valence-corrected chi connectivity index (χ0v) is 11.1. The summed E-state index contributed by atoms with van der Waals surface area (Å²) >= 11 is 0. The Hall–Kier alpha value is -0.300. The first-order valence-corrected chi connectivity index (χ1v) is 5.46. The van der Waals surface area contributed by atoms with E-state index in [0.717, 1.165) is 6.42 Å². The van der Waals surface area contributed by atoms with Gasteiger partial charge in [0.25, 0.3) is 0 Å². The van der Waals surface area contributed by atoms with Crippen LogP contribution in [0.15, 0.2) is 12.7 Å². The molecule has 0 spiro atoms. The summed E-state index contributed by atoms with van der Waals surface area (Å²) in [6.45, 7) is 19.5. The molecule has 0 unspecified atom stereocenters. The fraction of sp³-hybridized carbons (Fsp3) is 0.833. The maximum absolute atomic E-state index is 5.57. The lowest BCUT2D eigenvalue weighted by Crippen LogP contribution is -2.30. The molecule has 0 saturated carbocycles. The summed E-state index contributed by atoms with van der Waals surface area (Å²) in [7, 11) is 0. The van der Waals surface area contributed by atoms with Crippen LogP contribution in [0.1, 0.15) is 61.8 Å². The molecular weight excluding hydrogens is 158 g/mol. The van der Waals surface area contributed by atoms with Crippen LogP contribution >= 0.6 is 0 Å². The molecule has 1 nitrogen and oxygen atoms in total. The van der Waals surface area contributed by atoms with E-state index in [1.54, 1.807) is 0 Å². The highest BCUT2D eigenvalue weighted by Crippen LogP contribution is 2.01. The summed E-state index contributed by atoms with van der Waals surface area (Å²) in [5.74, 6) is 0. The van der Waals surface area contributed by atoms with Crippen LogP contribution in [-0.2, 0) is 0 Å². The zero-order valence-electron chi connectivity index (χ0n) is 11.1. The maximum atomic E-state index is 5.57. The Morgan fingerprint density at radius 2 is 1.23 bits per heavy atom. The van der Waals surface area contributed by atoms with E-state index < -0.39 is 0 Å². The van der Waals surface area contributed by atoms with Crippen molar-refractivity contribution in [2.45, 2.75) is 67.3 Å². The third kappa shape index (κ3) is 80.4. The normalized spacial score (nSPS) is 7.46. The minimum Gasteiger partial charge on any atom is -0.325 e.